The molecule has 1 heterocycles. The van der Waals surface area contributed by atoms with E-state index >= 15 is 0 Å². The lowest BCUT2D eigenvalue weighted by atomic mass is 10.0. The molecule has 1 fully saturated rings. The maximum atomic E-state index is 11.2. The van der Waals surface area contributed by atoms with Gasteiger partial charge in [0.2, 0.25) is 0 Å². The summed E-state index contributed by atoms with van der Waals surface area (Å²) in [7, 11) is 0. The third-order valence-electron chi connectivity index (χ3n) is 4.58. The third kappa shape index (κ3) is 4.80. The second-order valence-electron chi connectivity index (χ2n) is 6.23. The minimum absolute atomic E-state index is 0.148. The molecule has 0 aromatic heterocycles. The van der Waals surface area contributed by atoms with E-state index in [1.165, 1.54) is 11.6 Å². The highest BCUT2D eigenvalue weighted by atomic mass is 35.5. The van der Waals surface area contributed by atoms with E-state index in [0.717, 1.165) is 13.1 Å². The molecule has 0 amide bonds. The molecule has 0 spiro atoms. The van der Waals surface area contributed by atoms with Crippen LogP contribution in [-0.2, 0) is 11.3 Å². The smallest absolute Gasteiger partial charge is 0.273 e. The molecule has 0 radical (unpaired) electrons. The van der Waals surface area contributed by atoms with Crippen molar-refractivity contribution in [3.63, 3.8) is 0 Å². The molecule has 1 atom stereocenters. The van der Waals surface area contributed by atoms with Gasteiger partial charge in [0.25, 0.3) is 5.69 Å². The maximum absolute atomic E-state index is 11.2. The van der Waals surface area contributed by atoms with E-state index in [9.17, 15) is 10.1 Å². The first-order chi connectivity index (χ1) is 12.6. The summed E-state index contributed by atoms with van der Waals surface area (Å²) in [6.45, 7) is 4.29. The van der Waals surface area contributed by atoms with E-state index in [1.54, 1.807) is 12.1 Å². The fraction of sp³-hybridized carbons (Fsp3) is 0.368. The van der Waals surface area contributed by atoms with E-state index < -0.39 is 0 Å². The quantitative estimate of drug-likeness (QED) is 0.593. The van der Waals surface area contributed by atoms with Crippen LogP contribution in [0.1, 0.15) is 17.2 Å². The highest BCUT2D eigenvalue weighted by molar-refractivity contribution is 6.30. The number of hydrogen-bond donors (Lipinski definition) is 1. The Balaban J connectivity index is 1.70. The lowest BCUT2D eigenvalue weighted by Crippen LogP contribution is -2.42. The first-order valence-corrected chi connectivity index (χ1v) is 9.03. The highest BCUT2D eigenvalue weighted by Crippen LogP contribution is 2.24. The van der Waals surface area contributed by atoms with Crippen LogP contribution in [0.2, 0.25) is 5.02 Å². The Morgan fingerprint density at radius 3 is 2.54 bits per heavy atom. The van der Waals surface area contributed by atoms with Gasteiger partial charge in [0.05, 0.1) is 18.1 Å². The Labute approximate surface area is 157 Å². The molecule has 1 N–H and O–H groups in total. The van der Waals surface area contributed by atoms with Crippen molar-refractivity contribution in [2.24, 2.45) is 0 Å². The van der Waals surface area contributed by atoms with Crippen molar-refractivity contribution >= 4 is 17.3 Å². The molecule has 2 aromatic carbocycles. The van der Waals surface area contributed by atoms with Crippen LogP contribution in [0.3, 0.4) is 0 Å². The van der Waals surface area contributed by atoms with Gasteiger partial charge in [-0.25, -0.2) is 0 Å². The summed E-state index contributed by atoms with van der Waals surface area (Å²) < 4.78 is 5.46. The van der Waals surface area contributed by atoms with Crippen molar-refractivity contribution in [3.05, 3.63) is 74.8 Å². The summed E-state index contributed by atoms with van der Waals surface area (Å²) in [5.41, 5.74) is 2.01. The van der Waals surface area contributed by atoms with Crippen molar-refractivity contribution in [1.82, 2.24) is 10.2 Å². The summed E-state index contributed by atoms with van der Waals surface area (Å²) in [5.74, 6) is 0. The number of para-hydroxylation sites is 1. The van der Waals surface area contributed by atoms with Gasteiger partial charge in [-0.05, 0) is 17.7 Å². The second-order valence-corrected chi connectivity index (χ2v) is 6.67. The molecule has 1 aliphatic heterocycles. The Kier molecular flexibility index (Phi) is 6.57. The van der Waals surface area contributed by atoms with Crippen molar-refractivity contribution in [2.45, 2.75) is 12.6 Å². The number of benzene rings is 2. The number of nitro groups is 1. The van der Waals surface area contributed by atoms with E-state index in [4.69, 9.17) is 16.3 Å². The average Bonchev–Trinajstić information content (AvgIpc) is 2.67. The Hall–Kier alpha value is -1.99. The molecule has 7 heteroatoms. The number of hydrogen-bond acceptors (Lipinski definition) is 5. The zero-order valence-electron chi connectivity index (χ0n) is 14.4. The molecule has 2 aromatic rings. The van der Waals surface area contributed by atoms with Crippen LogP contribution < -0.4 is 5.32 Å². The van der Waals surface area contributed by atoms with Crippen molar-refractivity contribution in [1.29, 1.82) is 0 Å². The third-order valence-corrected chi connectivity index (χ3v) is 4.83. The van der Waals surface area contributed by atoms with Crippen LogP contribution in [0, 0.1) is 10.1 Å². The summed E-state index contributed by atoms with van der Waals surface area (Å²) in [6.07, 6.45) is 0. The van der Waals surface area contributed by atoms with Gasteiger partial charge in [0, 0.05) is 48.9 Å². The Morgan fingerprint density at radius 1 is 1.15 bits per heavy atom. The van der Waals surface area contributed by atoms with Crippen LogP contribution >= 0.6 is 11.6 Å². The van der Waals surface area contributed by atoms with Crippen molar-refractivity contribution in [2.75, 3.05) is 32.8 Å². The molecule has 0 bridgehead atoms. The normalized spacial score (nSPS) is 16.3. The van der Waals surface area contributed by atoms with Gasteiger partial charge in [0.15, 0.2) is 0 Å². The predicted molar refractivity (Wildman–Crippen MR) is 101 cm³/mol. The van der Waals surface area contributed by atoms with Gasteiger partial charge in [-0.15, -0.1) is 0 Å². The Bertz CT molecular complexity index is 733. The molecular formula is C19H22ClN3O3. The lowest BCUT2D eigenvalue weighted by molar-refractivity contribution is -0.385. The molecule has 0 aliphatic carbocycles. The van der Waals surface area contributed by atoms with Gasteiger partial charge < -0.3 is 10.1 Å². The largest absolute Gasteiger partial charge is 0.379 e. The molecule has 1 aliphatic rings. The van der Waals surface area contributed by atoms with Crippen molar-refractivity contribution in [3.8, 4) is 0 Å². The minimum Gasteiger partial charge on any atom is -0.379 e. The van der Waals surface area contributed by atoms with Crippen LogP contribution in [0.15, 0.2) is 48.5 Å². The van der Waals surface area contributed by atoms with Crippen LogP contribution in [-0.4, -0.2) is 42.7 Å². The molecule has 1 saturated heterocycles. The predicted octanol–water partition coefficient (Wildman–Crippen LogP) is 3.41. The van der Waals surface area contributed by atoms with Gasteiger partial charge >= 0.3 is 0 Å². The topological polar surface area (TPSA) is 67.6 Å². The van der Waals surface area contributed by atoms with E-state index in [-0.39, 0.29) is 16.7 Å². The molecule has 1 unspecified atom stereocenters. The number of rotatable bonds is 7. The van der Waals surface area contributed by atoms with Crippen molar-refractivity contribution < 1.29 is 9.66 Å². The van der Waals surface area contributed by atoms with Crippen LogP contribution in [0.4, 0.5) is 5.69 Å². The van der Waals surface area contributed by atoms with E-state index in [0.29, 0.717) is 36.9 Å². The van der Waals surface area contributed by atoms with E-state index in [2.05, 4.69) is 10.2 Å². The van der Waals surface area contributed by atoms with Gasteiger partial charge in [-0.1, -0.05) is 41.9 Å². The fourth-order valence-corrected chi connectivity index (χ4v) is 3.34. The Morgan fingerprint density at radius 2 is 1.85 bits per heavy atom. The summed E-state index contributed by atoms with van der Waals surface area (Å²) >= 11 is 6.02. The van der Waals surface area contributed by atoms with E-state index in [1.807, 2.05) is 30.3 Å². The van der Waals surface area contributed by atoms with Crippen LogP contribution in [0.5, 0.6) is 0 Å². The fourth-order valence-electron chi connectivity index (χ4n) is 3.21. The van der Waals surface area contributed by atoms with Crippen LogP contribution in [0.25, 0.3) is 0 Å². The van der Waals surface area contributed by atoms with Gasteiger partial charge in [0.1, 0.15) is 0 Å². The standard InChI is InChI=1S/C19H22ClN3O3/c20-17-7-5-15(6-8-17)19(22-9-11-26-12-10-22)14-21-13-16-3-1-2-4-18(16)23(24)25/h1-8,19,21H,9-14H2. The molecule has 0 saturated carbocycles. The second kappa shape index (κ2) is 9.09. The molecule has 26 heavy (non-hydrogen) atoms. The number of nitrogens with one attached hydrogen (secondary N) is 1. The molecule has 3 rings (SSSR count). The number of nitrogens with zero attached hydrogens (tertiary/aromatic N) is 2. The summed E-state index contributed by atoms with van der Waals surface area (Å²) in [6, 6.07) is 14.9. The first kappa shape index (κ1) is 18.8. The molecule has 6 nitrogen and oxygen atoms in total. The SMILES string of the molecule is O=[N+]([O-])c1ccccc1CNCC(c1ccc(Cl)cc1)N1CCOCC1. The summed E-state index contributed by atoms with van der Waals surface area (Å²) in [5, 5.41) is 15.3. The van der Waals surface area contributed by atoms with Gasteiger partial charge in [-0.3, -0.25) is 15.0 Å². The zero-order valence-corrected chi connectivity index (χ0v) is 15.2. The zero-order chi connectivity index (χ0) is 18.4. The minimum atomic E-state index is -0.338. The summed E-state index contributed by atoms with van der Waals surface area (Å²) in [4.78, 5) is 13.2. The molecular weight excluding hydrogens is 354 g/mol. The number of halogens is 1. The molecule has 138 valence electrons. The monoisotopic (exact) mass is 375 g/mol. The average molecular weight is 376 g/mol. The number of nitro benzene ring substituents is 1. The number of morpholine rings is 1. The first-order valence-electron chi connectivity index (χ1n) is 8.65. The maximum Gasteiger partial charge on any atom is 0.273 e. The highest BCUT2D eigenvalue weighted by Gasteiger charge is 2.22. The van der Waals surface area contributed by atoms with Gasteiger partial charge in [-0.2, -0.15) is 0 Å². The number of ether oxygens (including phenoxy) is 1. The lowest BCUT2D eigenvalue weighted by Gasteiger charge is -2.35.